The summed E-state index contributed by atoms with van der Waals surface area (Å²) >= 11 is 3.25. The predicted octanol–water partition coefficient (Wildman–Crippen LogP) is 5.91. The molecule has 182 valence electrons. The van der Waals surface area contributed by atoms with Crippen LogP contribution in [0, 0.1) is 22.7 Å². The molecule has 8 heteroatoms. The van der Waals surface area contributed by atoms with Crippen molar-refractivity contribution in [1.29, 1.82) is 10.5 Å². The van der Waals surface area contributed by atoms with Crippen molar-refractivity contribution in [2.75, 3.05) is 35.6 Å². The number of nitrogens with two attached hydrogens (primary N) is 1. The van der Waals surface area contributed by atoms with Gasteiger partial charge in [0.25, 0.3) is 0 Å². The highest BCUT2D eigenvalue weighted by Gasteiger charge is 2.26. The molecule has 34 heavy (non-hydrogen) atoms. The van der Waals surface area contributed by atoms with Crippen LogP contribution in [0.4, 0.5) is 11.5 Å². The Morgan fingerprint density at radius 1 is 1.15 bits per heavy atom. The minimum atomic E-state index is 0.114. The highest BCUT2D eigenvalue weighted by Crippen LogP contribution is 2.40. The zero-order valence-electron chi connectivity index (χ0n) is 21.1. The van der Waals surface area contributed by atoms with Gasteiger partial charge in [-0.3, -0.25) is 0 Å². The first-order chi connectivity index (χ1) is 16.4. The Balaban J connectivity index is 0.00000199. The van der Waals surface area contributed by atoms with E-state index < -0.39 is 0 Å². The average molecular weight is 497 g/mol. The van der Waals surface area contributed by atoms with Crippen LogP contribution in [-0.2, 0) is 6.42 Å². The zero-order valence-corrected chi connectivity index (χ0v) is 22.8. The molecule has 1 aromatic carbocycles. The summed E-state index contributed by atoms with van der Waals surface area (Å²) in [6, 6.07) is 13.3. The molecule has 1 aromatic heterocycles. The molecule has 3 rings (SSSR count). The topological polar surface area (TPSA) is 93.0 Å². The van der Waals surface area contributed by atoms with Gasteiger partial charge < -0.3 is 14.9 Å². The van der Waals surface area contributed by atoms with Crippen LogP contribution in [0.25, 0.3) is 0 Å². The summed E-state index contributed by atoms with van der Waals surface area (Å²) in [5.74, 6) is 0.696. The second-order valence-corrected chi connectivity index (χ2v) is 10.1. The molecule has 1 saturated heterocycles. The van der Waals surface area contributed by atoms with Crippen molar-refractivity contribution < 1.29 is 0 Å². The Labute approximate surface area is 213 Å². The van der Waals surface area contributed by atoms with Crippen molar-refractivity contribution in [3.63, 3.8) is 0 Å². The summed E-state index contributed by atoms with van der Waals surface area (Å²) in [5, 5.41) is 20.7. The van der Waals surface area contributed by atoms with Crippen molar-refractivity contribution in [1.82, 2.24) is 4.98 Å². The Morgan fingerprint density at radius 2 is 1.74 bits per heavy atom. The van der Waals surface area contributed by atoms with Gasteiger partial charge in [0.15, 0.2) is 0 Å². The van der Waals surface area contributed by atoms with E-state index in [1.165, 1.54) is 5.56 Å². The van der Waals surface area contributed by atoms with Gasteiger partial charge in [0.2, 0.25) is 0 Å². The molecule has 0 spiro atoms. The first-order valence-electron chi connectivity index (χ1n) is 11.8. The highest BCUT2D eigenvalue weighted by atomic mass is 32.2. The standard InChI is InChI=1S/C24H30N6S2.C2H6/c1-5-20-21(14-25)23(30-12-10-18(27)11-13-30)28-24(22(20)15-26)32-16(2)17-6-8-19(9-7-17)29(3)31-4;1-2/h6-9,16,18H,5,10-13,27H2,1-4H3;1-2H3. The third-order valence-electron chi connectivity index (χ3n) is 5.95. The quantitative estimate of drug-likeness (QED) is 0.374. The van der Waals surface area contributed by atoms with Crippen molar-refractivity contribution in [3.8, 4) is 12.1 Å². The number of rotatable bonds is 7. The fourth-order valence-electron chi connectivity index (χ4n) is 3.90. The largest absolute Gasteiger partial charge is 0.355 e. The van der Waals surface area contributed by atoms with E-state index >= 15 is 0 Å². The number of pyridine rings is 1. The molecular formula is C26H36N6S2. The predicted molar refractivity (Wildman–Crippen MR) is 146 cm³/mol. The molecule has 6 nitrogen and oxygen atoms in total. The summed E-state index contributed by atoms with van der Waals surface area (Å²) in [5.41, 5.74) is 10.2. The number of piperidine rings is 1. The minimum absolute atomic E-state index is 0.114. The van der Waals surface area contributed by atoms with E-state index in [1.54, 1.807) is 23.7 Å². The van der Waals surface area contributed by atoms with E-state index in [9.17, 15) is 10.5 Å². The van der Waals surface area contributed by atoms with E-state index in [0.29, 0.717) is 28.4 Å². The van der Waals surface area contributed by atoms with Crippen LogP contribution in [0.1, 0.15) is 68.0 Å². The Bertz CT molecular complexity index is 1020. The number of benzene rings is 1. The van der Waals surface area contributed by atoms with E-state index in [1.807, 2.05) is 34.1 Å². The van der Waals surface area contributed by atoms with Crippen LogP contribution in [0.15, 0.2) is 29.3 Å². The Hall–Kier alpha value is -2.39. The number of hydrogen-bond donors (Lipinski definition) is 1. The molecule has 2 heterocycles. The molecule has 0 amide bonds. The summed E-state index contributed by atoms with van der Waals surface area (Å²) in [6.07, 6.45) is 4.42. The number of nitriles is 2. The molecule has 1 unspecified atom stereocenters. The van der Waals surface area contributed by atoms with Gasteiger partial charge in [0.05, 0.1) is 11.1 Å². The normalized spacial score (nSPS) is 14.4. The summed E-state index contributed by atoms with van der Waals surface area (Å²) < 4.78 is 2.11. The van der Waals surface area contributed by atoms with E-state index in [4.69, 9.17) is 10.7 Å². The molecule has 1 aliphatic rings. The van der Waals surface area contributed by atoms with E-state index in [0.717, 1.165) is 37.2 Å². The summed E-state index contributed by atoms with van der Waals surface area (Å²) in [7, 11) is 2.04. The lowest BCUT2D eigenvalue weighted by Gasteiger charge is -2.32. The van der Waals surface area contributed by atoms with Gasteiger partial charge in [-0.15, -0.1) is 0 Å². The SMILES string of the molecule is CC.CCc1c(C#N)c(SC(C)c2ccc(N(C)SC)cc2)nc(N2CCC(N)CC2)c1C#N. The van der Waals surface area contributed by atoms with Gasteiger partial charge in [-0.25, -0.2) is 4.98 Å². The minimum Gasteiger partial charge on any atom is -0.355 e. The maximum Gasteiger partial charge on any atom is 0.148 e. The number of thioether (sulfide) groups is 1. The monoisotopic (exact) mass is 496 g/mol. The van der Waals surface area contributed by atoms with E-state index in [2.05, 4.69) is 52.5 Å². The lowest BCUT2D eigenvalue weighted by atomic mass is 10.00. The molecule has 1 atom stereocenters. The molecule has 2 aromatic rings. The molecule has 0 aliphatic carbocycles. The summed E-state index contributed by atoms with van der Waals surface area (Å²) in [4.78, 5) is 7.04. The van der Waals surface area contributed by atoms with Crippen LogP contribution in [0.3, 0.4) is 0 Å². The van der Waals surface area contributed by atoms with E-state index in [-0.39, 0.29) is 11.3 Å². The van der Waals surface area contributed by atoms with Crippen LogP contribution in [-0.4, -0.2) is 37.4 Å². The number of anilines is 2. The molecule has 0 bridgehead atoms. The van der Waals surface area contributed by atoms with Gasteiger partial charge in [-0.1, -0.05) is 56.6 Å². The Morgan fingerprint density at radius 3 is 2.24 bits per heavy atom. The molecule has 0 saturated carbocycles. The summed E-state index contributed by atoms with van der Waals surface area (Å²) in [6.45, 7) is 9.68. The fraction of sp³-hybridized carbons (Fsp3) is 0.500. The average Bonchev–Trinajstić information content (AvgIpc) is 2.89. The molecule has 1 aliphatic heterocycles. The first kappa shape index (κ1) is 27.9. The lowest BCUT2D eigenvalue weighted by molar-refractivity contribution is 0.497. The molecule has 2 N–H and O–H groups in total. The van der Waals surface area contributed by atoms with Gasteiger partial charge in [0.1, 0.15) is 23.0 Å². The van der Waals surface area contributed by atoms with Gasteiger partial charge in [-0.05, 0) is 49.4 Å². The molecule has 1 fully saturated rings. The zero-order chi connectivity index (χ0) is 25.3. The molecular weight excluding hydrogens is 460 g/mol. The second kappa shape index (κ2) is 13.5. The smallest absolute Gasteiger partial charge is 0.148 e. The van der Waals surface area contributed by atoms with Crippen LogP contribution >= 0.6 is 23.7 Å². The molecule has 0 radical (unpaired) electrons. The lowest BCUT2D eigenvalue weighted by Crippen LogP contribution is -2.40. The van der Waals surface area contributed by atoms with Crippen molar-refractivity contribution >= 4 is 35.2 Å². The highest BCUT2D eigenvalue weighted by molar-refractivity contribution is 8.00. The Kier molecular flexibility index (Phi) is 11.0. The second-order valence-electron chi connectivity index (χ2n) is 7.90. The fourth-order valence-corrected chi connectivity index (χ4v) is 5.29. The van der Waals surface area contributed by atoms with Crippen LogP contribution in [0.5, 0.6) is 0 Å². The third-order valence-corrected chi connectivity index (χ3v) is 7.86. The number of hydrogen-bond acceptors (Lipinski definition) is 8. The first-order valence-corrected chi connectivity index (χ1v) is 13.9. The number of aromatic nitrogens is 1. The van der Waals surface area contributed by atoms with Gasteiger partial charge in [-0.2, -0.15) is 10.5 Å². The van der Waals surface area contributed by atoms with Crippen molar-refractivity contribution in [3.05, 3.63) is 46.5 Å². The number of nitrogens with zero attached hydrogens (tertiary/aromatic N) is 5. The van der Waals surface area contributed by atoms with Crippen molar-refractivity contribution in [2.45, 2.75) is 63.3 Å². The maximum absolute atomic E-state index is 9.94. The maximum atomic E-state index is 9.94. The third kappa shape index (κ3) is 6.39. The van der Waals surface area contributed by atoms with Crippen LogP contribution < -0.4 is 14.9 Å². The van der Waals surface area contributed by atoms with Crippen LogP contribution in [0.2, 0.25) is 0 Å². The van der Waals surface area contributed by atoms with Gasteiger partial charge in [0, 0.05) is 43.4 Å². The van der Waals surface area contributed by atoms with Gasteiger partial charge >= 0.3 is 0 Å². The van der Waals surface area contributed by atoms with Crippen molar-refractivity contribution in [2.24, 2.45) is 5.73 Å².